The summed E-state index contributed by atoms with van der Waals surface area (Å²) in [6.45, 7) is 2.80. The maximum atomic E-state index is 12.6. The Morgan fingerprint density at radius 3 is 2.65 bits per heavy atom. The van der Waals surface area contributed by atoms with Crippen LogP contribution in [0.5, 0.6) is 0 Å². The molecule has 6 nitrogen and oxygen atoms in total. The van der Waals surface area contributed by atoms with Crippen molar-refractivity contribution in [1.82, 2.24) is 8.87 Å². The van der Waals surface area contributed by atoms with E-state index in [4.69, 9.17) is 5.11 Å². The first kappa shape index (κ1) is 13.6. The third-order valence-electron chi connectivity index (χ3n) is 4.40. The summed E-state index contributed by atoms with van der Waals surface area (Å²) < 4.78 is 28.3. The Morgan fingerprint density at radius 1 is 1.45 bits per heavy atom. The fourth-order valence-corrected chi connectivity index (χ4v) is 5.16. The van der Waals surface area contributed by atoms with Gasteiger partial charge in [0.05, 0.1) is 0 Å². The molecule has 2 bridgehead atoms. The molecule has 7 heteroatoms. The highest BCUT2D eigenvalue weighted by Crippen LogP contribution is 2.40. The lowest BCUT2D eigenvalue weighted by atomic mass is 10.1. The van der Waals surface area contributed by atoms with E-state index in [9.17, 15) is 13.2 Å². The van der Waals surface area contributed by atoms with Gasteiger partial charge in [-0.25, -0.2) is 13.2 Å². The molecule has 2 heterocycles. The first-order valence-corrected chi connectivity index (χ1v) is 8.32. The third-order valence-corrected chi connectivity index (χ3v) is 6.28. The molecule has 110 valence electrons. The molecular weight excluding hydrogens is 280 g/mol. The van der Waals surface area contributed by atoms with E-state index in [0.717, 1.165) is 19.3 Å². The monoisotopic (exact) mass is 298 g/mol. The van der Waals surface area contributed by atoms with Crippen molar-refractivity contribution in [3.8, 4) is 0 Å². The molecule has 2 fully saturated rings. The maximum absolute atomic E-state index is 12.6. The third kappa shape index (κ3) is 1.96. The number of hydrogen-bond acceptors (Lipinski definition) is 3. The molecule has 1 aromatic heterocycles. The van der Waals surface area contributed by atoms with Crippen molar-refractivity contribution in [2.24, 2.45) is 5.92 Å². The number of carboxylic acid groups (broad SMARTS) is 1. The molecule has 2 unspecified atom stereocenters. The summed E-state index contributed by atoms with van der Waals surface area (Å²) in [5.74, 6) is -0.627. The van der Waals surface area contributed by atoms with Gasteiger partial charge >= 0.3 is 5.97 Å². The number of fused-ring (bicyclic) bond motifs is 2. The van der Waals surface area contributed by atoms with Crippen LogP contribution in [0.2, 0.25) is 0 Å². The summed E-state index contributed by atoms with van der Waals surface area (Å²) in [4.78, 5) is 11.2. The molecule has 1 aliphatic heterocycles. The average molecular weight is 298 g/mol. The number of nitrogens with zero attached hydrogens (tertiary/aromatic N) is 2. The Kier molecular flexibility index (Phi) is 3.13. The highest BCUT2D eigenvalue weighted by molar-refractivity contribution is 7.89. The predicted molar refractivity (Wildman–Crippen MR) is 72.1 cm³/mol. The normalized spacial score (nSPS) is 26.2. The van der Waals surface area contributed by atoms with Crippen molar-refractivity contribution in [3.63, 3.8) is 0 Å². The second-order valence-corrected chi connectivity index (χ2v) is 7.45. The highest BCUT2D eigenvalue weighted by Gasteiger charge is 2.44. The van der Waals surface area contributed by atoms with Gasteiger partial charge in [0.2, 0.25) is 10.0 Å². The van der Waals surface area contributed by atoms with Crippen molar-refractivity contribution >= 4 is 16.0 Å². The lowest BCUT2D eigenvalue weighted by Gasteiger charge is -2.25. The van der Waals surface area contributed by atoms with Crippen LogP contribution < -0.4 is 0 Å². The van der Waals surface area contributed by atoms with Crippen LogP contribution in [-0.2, 0) is 16.6 Å². The second-order valence-electron chi connectivity index (χ2n) is 5.56. The van der Waals surface area contributed by atoms with Crippen LogP contribution in [0.1, 0.15) is 36.7 Å². The molecule has 1 saturated carbocycles. The van der Waals surface area contributed by atoms with Gasteiger partial charge in [-0.05, 0) is 38.2 Å². The number of carbonyl (C=O) groups is 1. The van der Waals surface area contributed by atoms with E-state index in [1.54, 1.807) is 11.2 Å². The topological polar surface area (TPSA) is 79.6 Å². The zero-order valence-electron chi connectivity index (χ0n) is 11.3. The number of piperidine rings is 1. The second kappa shape index (κ2) is 4.60. The molecule has 1 aliphatic carbocycles. The lowest BCUT2D eigenvalue weighted by Crippen LogP contribution is -2.37. The summed E-state index contributed by atoms with van der Waals surface area (Å²) in [6.07, 6.45) is 4.40. The molecule has 0 aromatic carbocycles. The van der Waals surface area contributed by atoms with Crippen LogP contribution in [0, 0.1) is 5.92 Å². The Morgan fingerprint density at radius 2 is 2.20 bits per heavy atom. The van der Waals surface area contributed by atoms with Crippen molar-refractivity contribution in [3.05, 3.63) is 18.0 Å². The van der Waals surface area contributed by atoms with Crippen LogP contribution in [0.25, 0.3) is 0 Å². The fraction of sp³-hybridized carbons (Fsp3) is 0.615. The Hall–Kier alpha value is -1.34. The highest BCUT2D eigenvalue weighted by atomic mass is 32.2. The zero-order valence-corrected chi connectivity index (χ0v) is 12.1. The van der Waals surface area contributed by atoms with Crippen LogP contribution >= 0.6 is 0 Å². The van der Waals surface area contributed by atoms with E-state index in [1.807, 2.05) is 0 Å². The van der Waals surface area contributed by atoms with Crippen LogP contribution in [0.3, 0.4) is 0 Å². The molecule has 2 aliphatic rings. The molecule has 0 radical (unpaired) electrons. The number of carboxylic acids is 1. The van der Waals surface area contributed by atoms with Gasteiger partial charge in [0.15, 0.2) is 0 Å². The Bertz CT molecular complexity index is 649. The fourth-order valence-electron chi connectivity index (χ4n) is 3.37. The quantitative estimate of drug-likeness (QED) is 0.910. The number of aromatic nitrogens is 1. The standard InChI is InChI=1S/C13H18N2O4S/c1-2-14-8-11(6-12(14)13(16)17)20(18,19)15-7-9-3-4-10(15)5-9/h6,8-10H,2-5,7H2,1H3,(H,16,17). The van der Waals surface area contributed by atoms with Gasteiger partial charge in [-0.3, -0.25) is 0 Å². The summed E-state index contributed by atoms with van der Waals surface area (Å²) in [5, 5.41) is 9.12. The zero-order chi connectivity index (χ0) is 14.5. The van der Waals surface area contributed by atoms with Crippen molar-refractivity contribution in [2.45, 2.75) is 43.7 Å². The van der Waals surface area contributed by atoms with Gasteiger partial charge in [0, 0.05) is 25.3 Å². The van der Waals surface area contributed by atoms with Gasteiger partial charge in [-0.15, -0.1) is 0 Å². The summed E-state index contributed by atoms with van der Waals surface area (Å²) in [7, 11) is -3.57. The minimum atomic E-state index is -3.57. The summed E-state index contributed by atoms with van der Waals surface area (Å²) in [5.41, 5.74) is 0.0235. The molecule has 3 rings (SSSR count). The van der Waals surface area contributed by atoms with Gasteiger partial charge in [0.25, 0.3) is 0 Å². The number of sulfonamides is 1. The molecule has 1 N–H and O–H groups in total. The number of aryl methyl sites for hydroxylation is 1. The van der Waals surface area contributed by atoms with Gasteiger partial charge in [0.1, 0.15) is 10.6 Å². The van der Waals surface area contributed by atoms with Crippen LogP contribution in [-0.4, -0.2) is 41.0 Å². The largest absolute Gasteiger partial charge is 0.477 e. The minimum absolute atomic E-state index is 0.0235. The lowest BCUT2D eigenvalue weighted by molar-refractivity contribution is 0.0685. The van der Waals surface area contributed by atoms with Crippen LogP contribution in [0.4, 0.5) is 0 Å². The molecule has 0 spiro atoms. The number of aromatic carboxylic acids is 1. The summed E-state index contributed by atoms with van der Waals surface area (Å²) >= 11 is 0. The van der Waals surface area contributed by atoms with Gasteiger partial charge in [-0.2, -0.15) is 4.31 Å². The molecule has 1 aromatic rings. The van der Waals surface area contributed by atoms with Gasteiger partial charge in [-0.1, -0.05) is 0 Å². The molecular formula is C13H18N2O4S. The van der Waals surface area contributed by atoms with Crippen molar-refractivity contribution in [1.29, 1.82) is 0 Å². The predicted octanol–water partition coefficient (Wildman–Crippen LogP) is 1.38. The van der Waals surface area contributed by atoms with Crippen LogP contribution in [0.15, 0.2) is 17.2 Å². The van der Waals surface area contributed by atoms with Crippen molar-refractivity contribution < 1.29 is 18.3 Å². The summed E-state index contributed by atoms with van der Waals surface area (Å²) in [6, 6.07) is 1.37. The molecule has 1 saturated heterocycles. The van der Waals surface area contributed by atoms with E-state index < -0.39 is 16.0 Å². The van der Waals surface area contributed by atoms with E-state index in [1.165, 1.54) is 16.8 Å². The van der Waals surface area contributed by atoms with E-state index in [-0.39, 0.29) is 16.6 Å². The SMILES string of the molecule is CCn1cc(S(=O)(=O)N2CC3CCC2C3)cc1C(=O)O. The van der Waals surface area contributed by atoms with E-state index in [0.29, 0.717) is 19.0 Å². The minimum Gasteiger partial charge on any atom is -0.477 e. The smallest absolute Gasteiger partial charge is 0.352 e. The first-order valence-electron chi connectivity index (χ1n) is 6.88. The molecule has 2 atom stereocenters. The van der Waals surface area contributed by atoms with Gasteiger partial charge < -0.3 is 9.67 Å². The van der Waals surface area contributed by atoms with Crippen molar-refractivity contribution in [2.75, 3.05) is 6.54 Å². The molecule has 0 amide bonds. The average Bonchev–Trinajstić information content (AvgIpc) is 3.12. The Balaban J connectivity index is 1.97. The number of rotatable bonds is 4. The Labute approximate surface area is 118 Å². The first-order chi connectivity index (χ1) is 9.43. The van der Waals surface area contributed by atoms with E-state index >= 15 is 0 Å². The molecule has 20 heavy (non-hydrogen) atoms. The maximum Gasteiger partial charge on any atom is 0.352 e. The van der Waals surface area contributed by atoms with E-state index in [2.05, 4.69) is 0 Å². The number of hydrogen-bond donors (Lipinski definition) is 1.